The molecule has 0 heterocycles. The average molecular weight is 247 g/mol. The number of halogens is 2. The molecular formula is C6H13BrClNO2. The molecule has 0 aliphatic heterocycles. The lowest BCUT2D eigenvalue weighted by molar-refractivity contribution is -0.138. The highest BCUT2D eigenvalue weighted by molar-refractivity contribution is 9.09. The molecule has 0 fully saturated rings. The number of carboxylic acid groups (broad SMARTS) is 1. The monoisotopic (exact) mass is 245 g/mol. The summed E-state index contributed by atoms with van der Waals surface area (Å²) in [5.74, 6) is -0.908. The lowest BCUT2D eigenvalue weighted by atomic mass is 10.1. The van der Waals surface area contributed by atoms with Gasteiger partial charge < -0.3 is 10.8 Å². The lowest BCUT2D eigenvalue weighted by Crippen LogP contribution is -2.29. The number of carboxylic acids is 1. The van der Waals surface area contributed by atoms with Crippen LogP contribution in [0.2, 0.25) is 0 Å². The topological polar surface area (TPSA) is 63.3 Å². The molecule has 0 aromatic carbocycles. The van der Waals surface area contributed by atoms with E-state index in [9.17, 15) is 4.79 Å². The number of aliphatic carboxylic acids is 1. The van der Waals surface area contributed by atoms with Gasteiger partial charge in [0.2, 0.25) is 0 Å². The van der Waals surface area contributed by atoms with Crippen LogP contribution in [-0.4, -0.2) is 22.4 Å². The Labute approximate surface area is 80.9 Å². The summed E-state index contributed by atoms with van der Waals surface area (Å²) in [6.45, 7) is 0. The number of hydrogen-bond acceptors (Lipinski definition) is 2. The van der Waals surface area contributed by atoms with Crippen LogP contribution in [0.15, 0.2) is 0 Å². The van der Waals surface area contributed by atoms with E-state index in [2.05, 4.69) is 15.9 Å². The molecule has 3 N–H and O–H groups in total. The number of nitrogens with two attached hydrogens (primary N) is 1. The molecule has 11 heavy (non-hydrogen) atoms. The van der Waals surface area contributed by atoms with Crippen LogP contribution in [0.4, 0.5) is 0 Å². The first-order valence-corrected chi connectivity index (χ1v) is 4.35. The molecule has 0 rings (SSSR count). The van der Waals surface area contributed by atoms with Gasteiger partial charge in [-0.15, -0.1) is 12.4 Å². The van der Waals surface area contributed by atoms with Crippen molar-refractivity contribution in [2.24, 2.45) is 5.73 Å². The fourth-order valence-corrected chi connectivity index (χ4v) is 0.979. The molecule has 68 valence electrons. The van der Waals surface area contributed by atoms with Crippen molar-refractivity contribution in [2.75, 3.05) is 5.33 Å². The number of rotatable bonds is 5. The Hall–Kier alpha value is 0.200. The SMILES string of the molecule is Cl.N[C@@H](CCCCBr)C(=O)O. The number of alkyl halides is 1. The van der Waals surface area contributed by atoms with Gasteiger partial charge in [-0.25, -0.2) is 0 Å². The van der Waals surface area contributed by atoms with E-state index in [1.807, 2.05) is 0 Å². The van der Waals surface area contributed by atoms with E-state index in [1.54, 1.807) is 0 Å². The molecular weight excluding hydrogens is 233 g/mol. The van der Waals surface area contributed by atoms with Gasteiger partial charge in [-0.05, 0) is 12.8 Å². The van der Waals surface area contributed by atoms with Gasteiger partial charge in [0.1, 0.15) is 6.04 Å². The molecule has 0 aliphatic carbocycles. The van der Waals surface area contributed by atoms with Crippen molar-refractivity contribution in [2.45, 2.75) is 25.3 Å². The van der Waals surface area contributed by atoms with Crippen LogP contribution in [0.3, 0.4) is 0 Å². The molecule has 0 radical (unpaired) electrons. The Morgan fingerprint density at radius 3 is 2.45 bits per heavy atom. The van der Waals surface area contributed by atoms with E-state index in [-0.39, 0.29) is 12.4 Å². The van der Waals surface area contributed by atoms with Gasteiger partial charge in [0.25, 0.3) is 0 Å². The molecule has 0 spiro atoms. The third-order valence-electron chi connectivity index (χ3n) is 1.22. The van der Waals surface area contributed by atoms with Gasteiger partial charge >= 0.3 is 5.97 Å². The van der Waals surface area contributed by atoms with Crippen LogP contribution in [0.5, 0.6) is 0 Å². The predicted molar refractivity (Wildman–Crippen MR) is 50.5 cm³/mol. The summed E-state index contributed by atoms with van der Waals surface area (Å²) in [6, 6.07) is -0.681. The van der Waals surface area contributed by atoms with Gasteiger partial charge in [0, 0.05) is 5.33 Å². The Kier molecular flexibility index (Phi) is 10.4. The van der Waals surface area contributed by atoms with Gasteiger partial charge in [0.15, 0.2) is 0 Å². The maximum absolute atomic E-state index is 10.2. The molecule has 0 amide bonds. The molecule has 0 unspecified atom stereocenters. The summed E-state index contributed by atoms with van der Waals surface area (Å²) >= 11 is 3.25. The maximum atomic E-state index is 10.2. The van der Waals surface area contributed by atoms with Crippen LogP contribution in [-0.2, 0) is 4.79 Å². The summed E-state index contributed by atoms with van der Waals surface area (Å²) < 4.78 is 0. The molecule has 0 saturated carbocycles. The fourth-order valence-electron chi connectivity index (χ4n) is 0.582. The van der Waals surface area contributed by atoms with Crippen molar-refractivity contribution in [1.82, 2.24) is 0 Å². The smallest absolute Gasteiger partial charge is 0.320 e. The summed E-state index contributed by atoms with van der Waals surface area (Å²) in [4.78, 5) is 10.2. The van der Waals surface area contributed by atoms with Crippen LogP contribution < -0.4 is 5.73 Å². The summed E-state index contributed by atoms with van der Waals surface area (Å²) in [6.07, 6.45) is 2.43. The highest BCUT2D eigenvalue weighted by Crippen LogP contribution is 2.00. The second kappa shape index (κ2) is 8.30. The Bertz CT molecular complexity index is 113. The summed E-state index contributed by atoms with van der Waals surface area (Å²) in [5.41, 5.74) is 5.24. The molecule has 0 aliphatic rings. The first-order valence-electron chi connectivity index (χ1n) is 3.23. The Morgan fingerprint density at radius 2 is 2.09 bits per heavy atom. The second-order valence-electron chi connectivity index (χ2n) is 2.13. The normalized spacial score (nSPS) is 11.8. The third-order valence-corrected chi connectivity index (χ3v) is 1.78. The second-order valence-corrected chi connectivity index (χ2v) is 2.92. The van der Waals surface area contributed by atoms with E-state index in [1.165, 1.54) is 0 Å². The zero-order valence-corrected chi connectivity index (χ0v) is 8.53. The van der Waals surface area contributed by atoms with Crippen molar-refractivity contribution in [3.8, 4) is 0 Å². The van der Waals surface area contributed by atoms with Crippen molar-refractivity contribution in [3.63, 3.8) is 0 Å². The lowest BCUT2D eigenvalue weighted by Gasteiger charge is -2.03. The van der Waals surface area contributed by atoms with Crippen molar-refractivity contribution < 1.29 is 9.90 Å². The highest BCUT2D eigenvalue weighted by atomic mass is 79.9. The average Bonchev–Trinajstić information content (AvgIpc) is 1.88. The third kappa shape index (κ3) is 8.10. The van der Waals surface area contributed by atoms with Gasteiger partial charge in [0.05, 0.1) is 0 Å². The van der Waals surface area contributed by atoms with Crippen molar-refractivity contribution >= 4 is 34.3 Å². The Balaban J connectivity index is 0. The molecule has 0 saturated heterocycles. The predicted octanol–water partition coefficient (Wildman–Crippen LogP) is 1.39. The molecule has 3 nitrogen and oxygen atoms in total. The highest BCUT2D eigenvalue weighted by Gasteiger charge is 2.09. The largest absolute Gasteiger partial charge is 0.480 e. The van der Waals surface area contributed by atoms with Crippen LogP contribution >= 0.6 is 28.3 Å². The van der Waals surface area contributed by atoms with Crippen molar-refractivity contribution in [1.29, 1.82) is 0 Å². The zero-order valence-electron chi connectivity index (χ0n) is 6.12. The maximum Gasteiger partial charge on any atom is 0.320 e. The van der Waals surface area contributed by atoms with E-state index in [4.69, 9.17) is 10.8 Å². The molecule has 0 bridgehead atoms. The van der Waals surface area contributed by atoms with Crippen LogP contribution in [0.1, 0.15) is 19.3 Å². The molecule has 5 heteroatoms. The minimum atomic E-state index is -0.908. The quantitative estimate of drug-likeness (QED) is 0.569. The number of unbranched alkanes of at least 4 members (excludes halogenated alkanes) is 1. The van der Waals surface area contributed by atoms with Crippen LogP contribution in [0, 0.1) is 0 Å². The summed E-state index contributed by atoms with van der Waals surface area (Å²) in [5, 5.41) is 9.26. The number of carbonyl (C=O) groups is 1. The molecule has 1 atom stereocenters. The van der Waals surface area contributed by atoms with Crippen LogP contribution in [0.25, 0.3) is 0 Å². The number of hydrogen-bond donors (Lipinski definition) is 2. The van der Waals surface area contributed by atoms with E-state index >= 15 is 0 Å². The first kappa shape index (κ1) is 13.8. The van der Waals surface area contributed by atoms with Gasteiger partial charge in [-0.2, -0.15) is 0 Å². The van der Waals surface area contributed by atoms with Gasteiger partial charge in [-0.3, -0.25) is 4.79 Å². The van der Waals surface area contributed by atoms with Crippen molar-refractivity contribution in [3.05, 3.63) is 0 Å². The first-order chi connectivity index (χ1) is 4.68. The fraction of sp³-hybridized carbons (Fsp3) is 0.833. The standard InChI is InChI=1S/C6H12BrNO2.ClH/c7-4-2-1-3-5(8)6(9)10;/h5H,1-4,8H2,(H,9,10);1H/t5-;/m0./s1. The molecule has 0 aromatic heterocycles. The van der Waals surface area contributed by atoms with E-state index < -0.39 is 12.0 Å². The Morgan fingerprint density at radius 1 is 1.55 bits per heavy atom. The summed E-state index contributed by atoms with van der Waals surface area (Å²) in [7, 11) is 0. The minimum Gasteiger partial charge on any atom is -0.480 e. The minimum absolute atomic E-state index is 0. The molecule has 0 aromatic rings. The zero-order chi connectivity index (χ0) is 7.98. The van der Waals surface area contributed by atoms with Gasteiger partial charge in [-0.1, -0.05) is 22.4 Å². The van der Waals surface area contributed by atoms with E-state index in [0.717, 1.165) is 18.2 Å². The van der Waals surface area contributed by atoms with E-state index in [0.29, 0.717) is 6.42 Å².